The maximum absolute atomic E-state index is 13.6. The standard InChI is InChI=1S/C17H13F2NO/c1-11-2-3-12-6-7-20(16(12)8-11)10-17(21)14-9-13(18)4-5-15(14)19/h2-9H,10H2,1H3. The number of hydrogen-bond donors (Lipinski definition) is 0. The van der Waals surface area contributed by atoms with Crippen LogP contribution in [0, 0.1) is 18.6 Å². The Morgan fingerprint density at radius 1 is 1.10 bits per heavy atom. The average Bonchev–Trinajstić information content (AvgIpc) is 2.84. The van der Waals surface area contributed by atoms with E-state index in [4.69, 9.17) is 0 Å². The minimum absolute atomic E-state index is 0.0205. The molecule has 0 aliphatic heterocycles. The lowest BCUT2D eigenvalue weighted by Gasteiger charge is -2.06. The van der Waals surface area contributed by atoms with Crippen LogP contribution in [-0.4, -0.2) is 10.4 Å². The Bertz CT molecular complexity index is 836. The number of aromatic nitrogens is 1. The van der Waals surface area contributed by atoms with Crippen molar-refractivity contribution in [2.24, 2.45) is 0 Å². The number of fused-ring (bicyclic) bond motifs is 1. The summed E-state index contributed by atoms with van der Waals surface area (Å²) in [6.07, 6.45) is 1.78. The van der Waals surface area contributed by atoms with Crippen molar-refractivity contribution in [1.29, 1.82) is 0 Å². The van der Waals surface area contributed by atoms with Crippen LogP contribution in [0.5, 0.6) is 0 Å². The Labute approximate surface area is 120 Å². The SMILES string of the molecule is Cc1ccc2ccn(CC(=O)c3cc(F)ccc3F)c2c1. The van der Waals surface area contributed by atoms with Crippen molar-refractivity contribution >= 4 is 16.7 Å². The Morgan fingerprint density at radius 2 is 1.90 bits per heavy atom. The Morgan fingerprint density at radius 3 is 2.71 bits per heavy atom. The molecule has 0 atom stereocenters. The molecule has 4 heteroatoms. The molecule has 0 spiro atoms. The molecule has 0 amide bonds. The summed E-state index contributed by atoms with van der Waals surface area (Å²) in [4.78, 5) is 12.2. The molecule has 0 aliphatic carbocycles. The van der Waals surface area contributed by atoms with Crippen LogP contribution in [0.3, 0.4) is 0 Å². The fourth-order valence-corrected chi connectivity index (χ4v) is 2.38. The van der Waals surface area contributed by atoms with E-state index in [2.05, 4.69) is 0 Å². The van der Waals surface area contributed by atoms with E-state index in [9.17, 15) is 13.6 Å². The van der Waals surface area contributed by atoms with Crippen LogP contribution in [0.25, 0.3) is 10.9 Å². The third-order valence-corrected chi connectivity index (χ3v) is 3.47. The Kier molecular flexibility index (Phi) is 3.29. The van der Waals surface area contributed by atoms with Crippen molar-refractivity contribution in [3.05, 3.63) is 71.4 Å². The lowest BCUT2D eigenvalue weighted by atomic mass is 10.1. The fraction of sp³-hybridized carbons (Fsp3) is 0.118. The lowest BCUT2D eigenvalue weighted by Crippen LogP contribution is -2.11. The minimum atomic E-state index is -0.700. The molecule has 0 radical (unpaired) electrons. The van der Waals surface area contributed by atoms with Crippen molar-refractivity contribution in [1.82, 2.24) is 4.57 Å². The summed E-state index contributed by atoms with van der Waals surface area (Å²) < 4.78 is 28.5. The maximum Gasteiger partial charge on any atom is 0.185 e. The van der Waals surface area contributed by atoms with Gasteiger partial charge in [0.25, 0.3) is 0 Å². The lowest BCUT2D eigenvalue weighted by molar-refractivity contribution is 0.0969. The van der Waals surface area contributed by atoms with Gasteiger partial charge in [-0.15, -0.1) is 0 Å². The zero-order chi connectivity index (χ0) is 15.0. The largest absolute Gasteiger partial charge is 0.340 e. The van der Waals surface area contributed by atoms with Crippen LogP contribution >= 0.6 is 0 Å². The molecular weight excluding hydrogens is 272 g/mol. The molecule has 1 heterocycles. The zero-order valence-corrected chi connectivity index (χ0v) is 11.4. The highest BCUT2D eigenvalue weighted by atomic mass is 19.1. The number of carbonyl (C=O) groups is 1. The second-order valence-corrected chi connectivity index (χ2v) is 5.05. The van der Waals surface area contributed by atoms with Gasteiger partial charge >= 0.3 is 0 Å². The fourth-order valence-electron chi connectivity index (χ4n) is 2.38. The van der Waals surface area contributed by atoms with Crippen LogP contribution < -0.4 is 0 Å². The third-order valence-electron chi connectivity index (χ3n) is 3.47. The van der Waals surface area contributed by atoms with E-state index < -0.39 is 17.4 Å². The number of rotatable bonds is 3. The predicted octanol–water partition coefficient (Wildman–Crippen LogP) is 4.11. The molecule has 0 unspecified atom stereocenters. The first-order valence-corrected chi connectivity index (χ1v) is 6.58. The van der Waals surface area contributed by atoms with E-state index in [1.54, 1.807) is 10.8 Å². The molecule has 0 fully saturated rings. The van der Waals surface area contributed by atoms with Gasteiger partial charge in [-0.3, -0.25) is 4.79 Å². The first-order chi connectivity index (χ1) is 10.0. The first-order valence-electron chi connectivity index (χ1n) is 6.58. The Balaban J connectivity index is 1.96. The van der Waals surface area contributed by atoms with Crippen molar-refractivity contribution in [3.63, 3.8) is 0 Å². The molecule has 0 bridgehead atoms. The summed E-state index contributed by atoms with van der Waals surface area (Å²) in [6, 6.07) is 10.7. The van der Waals surface area contributed by atoms with Crippen molar-refractivity contribution in [3.8, 4) is 0 Å². The predicted molar refractivity (Wildman–Crippen MR) is 77.4 cm³/mol. The van der Waals surface area contributed by atoms with Gasteiger partial charge in [-0.1, -0.05) is 12.1 Å². The van der Waals surface area contributed by atoms with Crippen molar-refractivity contribution in [2.75, 3.05) is 0 Å². The van der Waals surface area contributed by atoms with E-state index in [0.29, 0.717) is 0 Å². The monoisotopic (exact) mass is 285 g/mol. The first kappa shape index (κ1) is 13.5. The van der Waals surface area contributed by atoms with Crippen LogP contribution in [-0.2, 0) is 6.54 Å². The van der Waals surface area contributed by atoms with Gasteiger partial charge < -0.3 is 4.57 Å². The Hall–Kier alpha value is -2.49. The number of halogens is 2. The molecule has 3 rings (SSSR count). The number of carbonyl (C=O) groups excluding carboxylic acids is 1. The molecule has 106 valence electrons. The molecule has 2 aromatic carbocycles. The number of nitrogens with zero attached hydrogens (tertiary/aromatic N) is 1. The maximum atomic E-state index is 13.6. The average molecular weight is 285 g/mol. The number of aryl methyl sites for hydroxylation is 1. The zero-order valence-electron chi connectivity index (χ0n) is 11.4. The van der Waals surface area contributed by atoms with Gasteiger partial charge in [0, 0.05) is 11.7 Å². The van der Waals surface area contributed by atoms with Gasteiger partial charge in [0.15, 0.2) is 5.78 Å². The molecule has 0 saturated carbocycles. The van der Waals surface area contributed by atoms with E-state index in [1.165, 1.54) is 0 Å². The molecule has 0 N–H and O–H groups in total. The number of benzene rings is 2. The number of Topliss-reactive ketones (excluding diaryl/α,β-unsaturated/α-hetero) is 1. The summed E-state index contributed by atoms with van der Waals surface area (Å²) in [5.41, 5.74) is 1.76. The number of ketones is 1. The summed E-state index contributed by atoms with van der Waals surface area (Å²) in [6.45, 7) is 1.94. The summed E-state index contributed by atoms with van der Waals surface area (Å²) in [5, 5.41) is 1.01. The number of hydrogen-bond acceptors (Lipinski definition) is 1. The van der Waals surface area contributed by atoms with Gasteiger partial charge in [-0.25, -0.2) is 8.78 Å². The van der Waals surface area contributed by atoms with Crippen LogP contribution in [0.15, 0.2) is 48.7 Å². The second kappa shape index (κ2) is 5.13. The van der Waals surface area contributed by atoms with E-state index >= 15 is 0 Å². The highest BCUT2D eigenvalue weighted by Gasteiger charge is 2.14. The van der Waals surface area contributed by atoms with Crippen molar-refractivity contribution in [2.45, 2.75) is 13.5 Å². The van der Waals surface area contributed by atoms with Crippen LogP contribution in [0.4, 0.5) is 8.78 Å². The van der Waals surface area contributed by atoms with Crippen LogP contribution in [0.1, 0.15) is 15.9 Å². The topological polar surface area (TPSA) is 22.0 Å². The van der Waals surface area contributed by atoms with Crippen LogP contribution in [0.2, 0.25) is 0 Å². The normalized spacial score (nSPS) is 11.0. The van der Waals surface area contributed by atoms with Gasteiger partial charge in [-0.05, 0) is 48.2 Å². The highest BCUT2D eigenvalue weighted by molar-refractivity contribution is 5.97. The molecule has 2 nitrogen and oxygen atoms in total. The molecule has 3 aromatic rings. The smallest absolute Gasteiger partial charge is 0.185 e. The molecule has 1 aromatic heterocycles. The highest BCUT2D eigenvalue weighted by Crippen LogP contribution is 2.19. The van der Waals surface area contributed by atoms with E-state index in [0.717, 1.165) is 34.7 Å². The molecular formula is C17H13F2NO. The van der Waals surface area contributed by atoms with Gasteiger partial charge in [0.1, 0.15) is 11.6 Å². The third kappa shape index (κ3) is 2.57. The molecule has 21 heavy (non-hydrogen) atoms. The van der Waals surface area contributed by atoms with E-state index in [-0.39, 0.29) is 12.1 Å². The molecule has 0 saturated heterocycles. The van der Waals surface area contributed by atoms with Gasteiger partial charge in [-0.2, -0.15) is 0 Å². The quantitative estimate of drug-likeness (QED) is 0.664. The summed E-state index contributed by atoms with van der Waals surface area (Å²) in [7, 11) is 0. The van der Waals surface area contributed by atoms with Gasteiger partial charge in [0.2, 0.25) is 0 Å². The van der Waals surface area contributed by atoms with Gasteiger partial charge in [0.05, 0.1) is 12.1 Å². The van der Waals surface area contributed by atoms with E-state index in [1.807, 2.05) is 31.2 Å². The van der Waals surface area contributed by atoms with Crippen molar-refractivity contribution < 1.29 is 13.6 Å². The summed E-state index contributed by atoms with van der Waals surface area (Å²) >= 11 is 0. The molecule has 0 aliphatic rings. The minimum Gasteiger partial charge on any atom is -0.340 e. The second-order valence-electron chi connectivity index (χ2n) is 5.05. The summed E-state index contributed by atoms with van der Waals surface area (Å²) in [5.74, 6) is -1.77.